The Kier molecular flexibility index (Phi) is 9.12. The van der Waals surface area contributed by atoms with E-state index in [9.17, 15) is 13.6 Å². The van der Waals surface area contributed by atoms with Crippen LogP contribution in [0.25, 0.3) is 17.0 Å². The highest BCUT2D eigenvalue weighted by Crippen LogP contribution is 2.28. The van der Waals surface area contributed by atoms with E-state index < -0.39 is 11.6 Å². The Morgan fingerprint density at radius 2 is 1.93 bits per heavy atom. The number of fused-ring (bicyclic) bond motifs is 3. The van der Waals surface area contributed by atoms with Crippen molar-refractivity contribution in [3.05, 3.63) is 95.1 Å². The number of carbonyl (C=O) groups excluding carboxylic acids is 1. The van der Waals surface area contributed by atoms with Crippen LogP contribution in [0.5, 0.6) is 11.5 Å². The maximum atomic E-state index is 14.9. The molecule has 0 bridgehead atoms. The lowest BCUT2D eigenvalue weighted by Crippen LogP contribution is -2.36. The summed E-state index contributed by atoms with van der Waals surface area (Å²) in [6, 6.07) is 14.8. The van der Waals surface area contributed by atoms with Gasteiger partial charge in [-0.3, -0.25) is 10.2 Å². The Morgan fingerprint density at radius 1 is 1.16 bits per heavy atom. The summed E-state index contributed by atoms with van der Waals surface area (Å²) in [4.78, 5) is 23.9. The predicted molar refractivity (Wildman–Crippen MR) is 167 cm³/mol. The molecule has 9 nitrogen and oxygen atoms in total. The molecule has 0 saturated carbocycles. The second kappa shape index (κ2) is 13.2. The maximum absolute atomic E-state index is 14.9. The number of benzene rings is 3. The van der Waals surface area contributed by atoms with Gasteiger partial charge >= 0.3 is 0 Å². The molecule has 0 aliphatic carbocycles. The zero-order valence-electron chi connectivity index (χ0n) is 25.2. The number of nitrogens with one attached hydrogen (secondary N) is 2. The van der Waals surface area contributed by atoms with Crippen LogP contribution in [0.3, 0.4) is 0 Å². The molecule has 0 spiro atoms. The van der Waals surface area contributed by atoms with Crippen molar-refractivity contribution in [2.75, 3.05) is 32.0 Å². The van der Waals surface area contributed by atoms with Crippen LogP contribution in [0, 0.1) is 11.6 Å². The lowest BCUT2D eigenvalue weighted by Gasteiger charge is -2.25. The molecule has 0 radical (unpaired) electrons. The summed E-state index contributed by atoms with van der Waals surface area (Å²) in [6.45, 7) is 5.97. The third kappa shape index (κ3) is 6.36. The highest BCUT2D eigenvalue weighted by atomic mass is 19.1. The number of anilines is 1. The van der Waals surface area contributed by atoms with Crippen LogP contribution in [-0.2, 0) is 6.54 Å². The normalized spacial score (nSPS) is 14.9. The molecule has 1 aliphatic heterocycles. The molecule has 0 fully saturated rings. The number of rotatable bonds is 11. The molecule has 0 saturated heterocycles. The van der Waals surface area contributed by atoms with Crippen LogP contribution in [0.15, 0.2) is 66.2 Å². The summed E-state index contributed by atoms with van der Waals surface area (Å²) in [5.41, 5.74) is 5.96. The van der Waals surface area contributed by atoms with Crippen molar-refractivity contribution in [3.63, 3.8) is 0 Å². The van der Waals surface area contributed by atoms with Crippen molar-refractivity contribution in [3.8, 4) is 11.5 Å². The van der Waals surface area contributed by atoms with Crippen molar-refractivity contribution in [2.45, 2.75) is 44.9 Å². The van der Waals surface area contributed by atoms with Gasteiger partial charge in [0.25, 0.3) is 5.91 Å². The van der Waals surface area contributed by atoms with Gasteiger partial charge in [-0.2, -0.15) is 0 Å². The summed E-state index contributed by atoms with van der Waals surface area (Å²) >= 11 is 0. The van der Waals surface area contributed by atoms with Crippen LogP contribution in [-0.4, -0.2) is 53.9 Å². The molecule has 4 aromatic rings. The molecule has 2 atom stereocenters. The topological polar surface area (TPSA) is 93.0 Å². The monoisotopic (exact) mass is 602 g/mol. The van der Waals surface area contributed by atoms with Crippen LogP contribution < -0.4 is 25.8 Å². The number of nitrogens with zero attached hydrogens (tertiary/aromatic N) is 4. The third-order valence-electron chi connectivity index (χ3n) is 7.89. The van der Waals surface area contributed by atoms with Gasteiger partial charge in [0, 0.05) is 41.7 Å². The first-order chi connectivity index (χ1) is 21.2. The lowest BCUT2D eigenvalue weighted by atomic mass is 10.1. The van der Waals surface area contributed by atoms with Crippen molar-refractivity contribution < 1.29 is 23.0 Å². The Hall–Kier alpha value is -4.93. The third-order valence-corrected chi connectivity index (χ3v) is 7.89. The van der Waals surface area contributed by atoms with Gasteiger partial charge in [0.2, 0.25) is 5.62 Å². The van der Waals surface area contributed by atoms with Gasteiger partial charge in [-0.1, -0.05) is 24.8 Å². The molecule has 44 heavy (non-hydrogen) atoms. The van der Waals surface area contributed by atoms with Crippen LogP contribution in [0.1, 0.15) is 47.7 Å². The predicted octanol–water partition coefficient (Wildman–Crippen LogP) is 5.70. The average Bonchev–Trinajstić information content (AvgIpc) is 3.47. The molecule has 1 unspecified atom stereocenters. The standard InChI is InChI=1S/C33H36F2N6O3/c1-6-21-10-12-22(13-11-21)32(42)40(3)20(2)8-7-9-29-37-31-26-16-24(34)17-27(35)30(26)38-33(41(31)39-29)36-19-23-14-15-25(43-4)18-28(23)44-5/h6,10-18,20,29,37,39H,1,7-9,19H2,2-5H3/t20-,29?/m0/s1. The molecule has 2 heterocycles. The molecular formula is C33H36F2N6O3. The summed E-state index contributed by atoms with van der Waals surface area (Å²) in [5.74, 6) is 0.205. The number of aromatic nitrogens is 2. The SMILES string of the molecule is C=Cc1ccc(C(=O)N(C)[C@@H](C)CCCC2Nc3c4cc(F)cc(F)c4nc(=NCc4ccc(OC)cc4OC)n3N2)cc1. The number of ether oxygens (including phenoxy) is 2. The average molecular weight is 603 g/mol. The first-order valence-corrected chi connectivity index (χ1v) is 14.4. The first kappa shape index (κ1) is 30.5. The summed E-state index contributed by atoms with van der Waals surface area (Å²) in [5, 5.41) is 3.66. The first-order valence-electron chi connectivity index (χ1n) is 14.4. The van der Waals surface area contributed by atoms with E-state index in [1.165, 1.54) is 6.07 Å². The quantitative estimate of drug-likeness (QED) is 0.229. The molecule has 11 heteroatoms. The Labute approximate surface area is 254 Å². The summed E-state index contributed by atoms with van der Waals surface area (Å²) < 4.78 is 41.5. The van der Waals surface area contributed by atoms with E-state index >= 15 is 0 Å². The second-order valence-electron chi connectivity index (χ2n) is 10.7. The zero-order chi connectivity index (χ0) is 31.4. The van der Waals surface area contributed by atoms with Gasteiger partial charge in [-0.15, -0.1) is 0 Å². The molecule has 1 amide bonds. The number of hydrogen-bond acceptors (Lipinski definition) is 7. The molecular weight excluding hydrogens is 566 g/mol. The molecule has 230 valence electrons. The molecule has 3 aromatic carbocycles. The fourth-order valence-electron chi connectivity index (χ4n) is 5.21. The van der Waals surface area contributed by atoms with Crippen molar-refractivity contribution in [1.29, 1.82) is 0 Å². The van der Waals surface area contributed by atoms with E-state index in [0.717, 1.165) is 30.0 Å². The van der Waals surface area contributed by atoms with Gasteiger partial charge in [0.05, 0.1) is 20.8 Å². The smallest absolute Gasteiger partial charge is 0.253 e. The van der Waals surface area contributed by atoms with Gasteiger partial charge in [0.15, 0.2) is 5.82 Å². The Balaban J connectivity index is 1.32. The minimum Gasteiger partial charge on any atom is -0.497 e. The molecule has 2 N–H and O–H groups in total. The van der Waals surface area contributed by atoms with E-state index in [1.807, 2.05) is 31.2 Å². The highest BCUT2D eigenvalue weighted by molar-refractivity contribution is 5.94. The molecule has 1 aromatic heterocycles. The van der Waals surface area contributed by atoms with E-state index in [-0.39, 0.29) is 35.8 Å². The van der Waals surface area contributed by atoms with Crippen molar-refractivity contribution in [1.82, 2.24) is 14.6 Å². The van der Waals surface area contributed by atoms with Crippen molar-refractivity contribution in [2.24, 2.45) is 4.99 Å². The fourth-order valence-corrected chi connectivity index (χ4v) is 5.21. The highest BCUT2D eigenvalue weighted by Gasteiger charge is 2.25. The van der Waals surface area contributed by atoms with E-state index in [1.54, 1.807) is 55.1 Å². The Bertz CT molecular complexity index is 1760. The van der Waals surface area contributed by atoms with Gasteiger partial charge in [-0.25, -0.2) is 23.4 Å². The van der Waals surface area contributed by atoms with Crippen LogP contribution in [0.4, 0.5) is 14.6 Å². The maximum Gasteiger partial charge on any atom is 0.253 e. The molecule has 1 aliphatic rings. The number of methoxy groups -OCH3 is 2. The van der Waals surface area contributed by atoms with E-state index in [4.69, 9.17) is 9.47 Å². The number of hydrogen-bond donors (Lipinski definition) is 2. The lowest BCUT2D eigenvalue weighted by molar-refractivity contribution is 0.0735. The zero-order valence-corrected chi connectivity index (χ0v) is 25.2. The van der Waals surface area contributed by atoms with Crippen molar-refractivity contribution >= 4 is 28.7 Å². The largest absolute Gasteiger partial charge is 0.497 e. The minimum atomic E-state index is -0.771. The van der Waals surface area contributed by atoms with Gasteiger partial charge in [-0.05, 0) is 62.1 Å². The number of amides is 1. The number of carbonyl (C=O) groups is 1. The van der Waals surface area contributed by atoms with E-state index in [2.05, 4.69) is 27.3 Å². The summed E-state index contributed by atoms with van der Waals surface area (Å²) in [6.07, 6.45) is 3.69. The van der Waals surface area contributed by atoms with Crippen LogP contribution in [0.2, 0.25) is 0 Å². The van der Waals surface area contributed by atoms with Gasteiger partial charge in [0.1, 0.15) is 34.8 Å². The van der Waals surface area contributed by atoms with E-state index in [0.29, 0.717) is 34.7 Å². The summed E-state index contributed by atoms with van der Waals surface area (Å²) in [7, 11) is 4.94. The second-order valence-corrected chi connectivity index (χ2v) is 10.7. The number of halogens is 2. The van der Waals surface area contributed by atoms with Crippen LogP contribution >= 0.6 is 0 Å². The minimum absolute atomic E-state index is 0.00580. The Morgan fingerprint density at radius 3 is 2.64 bits per heavy atom. The van der Waals surface area contributed by atoms with Gasteiger partial charge < -0.3 is 19.7 Å². The fraction of sp³-hybridized carbons (Fsp3) is 0.303. The molecule has 5 rings (SSSR count).